The van der Waals surface area contributed by atoms with Crippen molar-refractivity contribution >= 4 is 23.3 Å². The molecule has 1 aliphatic carbocycles. The van der Waals surface area contributed by atoms with Crippen molar-refractivity contribution in [2.45, 2.75) is 26.3 Å². The van der Waals surface area contributed by atoms with Crippen LogP contribution < -0.4 is 16.0 Å². The number of nitrogens with one attached hydrogen (secondary N) is 3. The first-order valence-corrected chi connectivity index (χ1v) is 7.15. The molecule has 1 heterocycles. The Morgan fingerprint density at radius 2 is 2.16 bits per heavy atom. The number of urea groups is 1. The Bertz CT molecular complexity index is 456. The van der Waals surface area contributed by atoms with Crippen LogP contribution in [0.3, 0.4) is 0 Å². The van der Waals surface area contributed by atoms with Crippen molar-refractivity contribution in [1.29, 1.82) is 0 Å². The molecule has 3 amide bonds. The quantitative estimate of drug-likeness (QED) is 0.721. The zero-order valence-electron chi connectivity index (χ0n) is 10.9. The van der Waals surface area contributed by atoms with Crippen LogP contribution in [0.15, 0.2) is 6.20 Å². The Hall–Kier alpha value is -1.63. The van der Waals surface area contributed by atoms with Crippen molar-refractivity contribution in [1.82, 2.24) is 20.9 Å². The van der Waals surface area contributed by atoms with Crippen LogP contribution in [0.5, 0.6) is 0 Å². The first-order chi connectivity index (χ1) is 9.13. The second-order valence-electron chi connectivity index (χ2n) is 4.65. The highest BCUT2D eigenvalue weighted by Gasteiger charge is 2.21. The number of carbonyl (C=O) groups excluding carboxylic acids is 2. The van der Waals surface area contributed by atoms with E-state index in [0.29, 0.717) is 12.5 Å². The van der Waals surface area contributed by atoms with Crippen LogP contribution in [0.25, 0.3) is 0 Å². The van der Waals surface area contributed by atoms with Gasteiger partial charge in [-0.05, 0) is 25.7 Å². The number of thiazole rings is 1. The Balaban J connectivity index is 1.57. The van der Waals surface area contributed by atoms with Crippen LogP contribution in [-0.4, -0.2) is 30.0 Å². The van der Waals surface area contributed by atoms with Crippen LogP contribution >= 0.6 is 11.3 Å². The third kappa shape index (κ3) is 5.25. The first kappa shape index (κ1) is 13.8. The van der Waals surface area contributed by atoms with Crippen LogP contribution in [0.2, 0.25) is 0 Å². The van der Waals surface area contributed by atoms with Crippen molar-refractivity contribution in [3.05, 3.63) is 16.1 Å². The molecule has 104 valence electrons. The number of rotatable bonds is 6. The number of amides is 3. The highest BCUT2D eigenvalue weighted by molar-refractivity contribution is 7.11. The molecule has 0 unspecified atom stereocenters. The van der Waals surface area contributed by atoms with E-state index in [4.69, 9.17) is 0 Å². The summed E-state index contributed by atoms with van der Waals surface area (Å²) in [7, 11) is 0. The fourth-order valence-corrected chi connectivity index (χ4v) is 2.23. The molecule has 0 atom stereocenters. The van der Waals surface area contributed by atoms with Crippen molar-refractivity contribution in [3.63, 3.8) is 0 Å². The second-order valence-corrected chi connectivity index (χ2v) is 5.97. The Morgan fingerprint density at radius 3 is 2.79 bits per heavy atom. The minimum absolute atomic E-state index is 0.00938. The Labute approximate surface area is 116 Å². The predicted molar refractivity (Wildman–Crippen MR) is 72.8 cm³/mol. The summed E-state index contributed by atoms with van der Waals surface area (Å²) in [6, 6.07) is -0.352. The highest BCUT2D eigenvalue weighted by Crippen LogP contribution is 2.27. The van der Waals surface area contributed by atoms with E-state index < -0.39 is 0 Å². The standard InChI is InChI=1S/C12H18N4O2S/c1-8-4-14-11(19-8)7-16-12(18)15-6-10(17)13-5-9-2-3-9/h4,9H,2-3,5-7H2,1H3,(H,13,17)(H2,15,16,18). The molecule has 6 nitrogen and oxygen atoms in total. The first-order valence-electron chi connectivity index (χ1n) is 6.33. The molecule has 7 heteroatoms. The zero-order chi connectivity index (χ0) is 13.7. The maximum atomic E-state index is 11.5. The van der Waals surface area contributed by atoms with Crippen LogP contribution in [0, 0.1) is 12.8 Å². The Morgan fingerprint density at radius 1 is 1.37 bits per heavy atom. The van der Waals surface area contributed by atoms with Gasteiger partial charge in [0.05, 0.1) is 13.1 Å². The fourth-order valence-electron chi connectivity index (χ4n) is 1.50. The molecule has 0 bridgehead atoms. The number of aryl methyl sites for hydroxylation is 1. The average Bonchev–Trinajstić information content (AvgIpc) is 3.13. The summed E-state index contributed by atoms with van der Waals surface area (Å²) in [5, 5.41) is 8.82. The molecule has 3 N–H and O–H groups in total. The van der Waals surface area contributed by atoms with E-state index in [1.807, 2.05) is 6.92 Å². The van der Waals surface area contributed by atoms with Gasteiger partial charge < -0.3 is 16.0 Å². The van der Waals surface area contributed by atoms with E-state index in [-0.39, 0.29) is 18.5 Å². The number of hydrogen-bond donors (Lipinski definition) is 3. The lowest BCUT2D eigenvalue weighted by Gasteiger charge is -2.07. The summed E-state index contributed by atoms with van der Waals surface area (Å²) in [5.74, 6) is 0.498. The molecule has 0 spiro atoms. The lowest BCUT2D eigenvalue weighted by Crippen LogP contribution is -2.42. The molecule has 1 aromatic rings. The number of carbonyl (C=O) groups is 2. The molecule has 1 saturated carbocycles. The van der Waals surface area contributed by atoms with Crippen LogP contribution in [0.4, 0.5) is 4.79 Å². The monoisotopic (exact) mass is 282 g/mol. The van der Waals surface area contributed by atoms with Gasteiger partial charge in [0.25, 0.3) is 0 Å². The van der Waals surface area contributed by atoms with Crippen molar-refractivity contribution in [3.8, 4) is 0 Å². The van der Waals surface area contributed by atoms with Gasteiger partial charge in [0, 0.05) is 17.6 Å². The lowest BCUT2D eigenvalue weighted by atomic mass is 10.4. The highest BCUT2D eigenvalue weighted by atomic mass is 32.1. The SMILES string of the molecule is Cc1cnc(CNC(=O)NCC(=O)NCC2CC2)s1. The Kier molecular flexibility index (Phi) is 4.73. The smallest absolute Gasteiger partial charge is 0.315 e. The summed E-state index contributed by atoms with van der Waals surface area (Å²) in [4.78, 5) is 28.1. The lowest BCUT2D eigenvalue weighted by molar-refractivity contribution is -0.120. The molecule has 0 aliphatic heterocycles. The summed E-state index contributed by atoms with van der Waals surface area (Å²) in [5.41, 5.74) is 0. The van der Waals surface area contributed by atoms with Gasteiger partial charge in [-0.25, -0.2) is 9.78 Å². The minimum Gasteiger partial charge on any atom is -0.354 e. The van der Waals surface area contributed by atoms with E-state index >= 15 is 0 Å². The predicted octanol–water partition coefficient (Wildman–Crippen LogP) is 0.777. The van der Waals surface area contributed by atoms with Gasteiger partial charge >= 0.3 is 6.03 Å². The second kappa shape index (κ2) is 6.51. The molecule has 0 saturated heterocycles. The third-order valence-electron chi connectivity index (χ3n) is 2.76. The molecular formula is C12H18N4O2S. The number of nitrogens with zero attached hydrogens (tertiary/aromatic N) is 1. The fraction of sp³-hybridized carbons (Fsp3) is 0.583. The maximum Gasteiger partial charge on any atom is 0.315 e. The summed E-state index contributed by atoms with van der Waals surface area (Å²) in [6.07, 6.45) is 4.16. The minimum atomic E-state index is -0.352. The van der Waals surface area contributed by atoms with Gasteiger partial charge in [-0.3, -0.25) is 4.79 Å². The van der Waals surface area contributed by atoms with Crippen molar-refractivity contribution < 1.29 is 9.59 Å². The largest absolute Gasteiger partial charge is 0.354 e. The average molecular weight is 282 g/mol. The molecule has 2 rings (SSSR count). The topological polar surface area (TPSA) is 83.1 Å². The molecule has 1 aliphatic rings. The van der Waals surface area contributed by atoms with Gasteiger partial charge in [0.1, 0.15) is 5.01 Å². The van der Waals surface area contributed by atoms with E-state index in [1.54, 1.807) is 6.20 Å². The third-order valence-corrected chi connectivity index (χ3v) is 3.68. The number of hydrogen-bond acceptors (Lipinski definition) is 4. The maximum absolute atomic E-state index is 11.5. The van der Waals surface area contributed by atoms with E-state index in [9.17, 15) is 9.59 Å². The molecule has 0 aromatic carbocycles. The number of aromatic nitrogens is 1. The van der Waals surface area contributed by atoms with Gasteiger partial charge in [-0.1, -0.05) is 0 Å². The van der Waals surface area contributed by atoms with E-state index in [0.717, 1.165) is 16.4 Å². The molecule has 0 radical (unpaired) electrons. The van der Waals surface area contributed by atoms with Crippen LogP contribution in [-0.2, 0) is 11.3 Å². The molecule has 19 heavy (non-hydrogen) atoms. The van der Waals surface area contributed by atoms with Gasteiger partial charge in [-0.2, -0.15) is 0 Å². The summed E-state index contributed by atoms with van der Waals surface area (Å²) in [6.45, 7) is 3.08. The molecule has 1 aromatic heterocycles. The molecule has 1 fully saturated rings. The van der Waals surface area contributed by atoms with Crippen molar-refractivity contribution in [2.75, 3.05) is 13.1 Å². The normalized spacial score (nSPS) is 13.9. The van der Waals surface area contributed by atoms with Gasteiger partial charge in [0.2, 0.25) is 5.91 Å². The summed E-state index contributed by atoms with van der Waals surface area (Å²) >= 11 is 1.54. The van der Waals surface area contributed by atoms with Gasteiger partial charge in [-0.15, -0.1) is 11.3 Å². The summed E-state index contributed by atoms with van der Waals surface area (Å²) < 4.78 is 0. The van der Waals surface area contributed by atoms with Crippen molar-refractivity contribution in [2.24, 2.45) is 5.92 Å². The van der Waals surface area contributed by atoms with Gasteiger partial charge in [0.15, 0.2) is 0 Å². The zero-order valence-corrected chi connectivity index (χ0v) is 11.7. The van der Waals surface area contributed by atoms with E-state index in [2.05, 4.69) is 20.9 Å². The van der Waals surface area contributed by atoms with Crippen LogP contribution in [0.1, 0.15) is 22.7 Å². The molecular weight excluding hydrogens is 264 g/mol. The van der Waals surface area contributed by atoms with E-state index in [1.165, 1.54) is 24.2 Å².